The van der Waals surface area contributed by atoms with Gasteiger partial charge in [-0.3, -0.25) is 0 Å². The van der Waals surface area contributed by atoms with Crippen molar-refractivity contribution in [1.29, 1.82) is 0 Å². The highest BCUT2D eigenvalue weighted by atomic mass is 31.1. The van der Waals surface area contributed by atoms with Crippen molar-refractivity contribution in [3.05, 3.63) is 0 Å². The van der Waals surface area contributed by atoms with E-state index in [2.05, 4.69) is 40.0 Å². The molecular weight excluding hydrogens is 260 g/mol. The molecule has 7 heteroatoms. The molecule has 0 aliphatic carbocycles. The number of hydrogen-bond acceptors (Lipinski definition) is 3. The maximum absolute atomic E-state index is 5.61. The minimum atomic E-state index is -0.459. The second kappa shape index (κ2) is 10.2. The van der Waals surface area contributed by atoms with Crippen LogP contribution in [0.5, 0.6) is 0 Å². The van der Waals surface area contributed by atoms with Crippen molar-refractivity contribution >= 4 is 31.1 Å². The summed E-state index contributed by atoms with van der Waals surface area (Å²) in [6.07, 6.45) is 2.24. The van der Waals surface area contributed by atoms with Crippen molar-refractivity contribution in [3.8, 4) is 0 Å². The molecule has 0 aromatic heterocycles. The Hall–Kier alpha value is 1.23. The minimum absolute atomic E-state index is 0.0567. The second-order valence-electron chi connectivity index (χ2n) is 4.41. The Morgan fingerprint density at radius 1 is 0.625 bits per heavy atom. The highest BCUT2D eigenvalue weighted by Crippen LogP contribution is 2.28. The lowest BCUT2D eigenvalue weighted by atomic mass is 10.2. The van der Waals surface area contributed by atoms with Crippen molar-refractivity contribution in [1.82, 2.24) is 0 Å². The Labute approximate surface area is 104 Å². The topological polar surface area (TPSA) is 27.7 Å². The summed E-state index contributed by atoms with van der Waals surface area (Å²) in [6.45, 7) is 13.1. The number of hydrogen-bond donors (Lipinski definition) is 0. The van der Waals surface area contributed by atoms with Gasteiger partial charge in [-0.15, -0.1) is 0 Å². The van der Waals surface area contributed by atoms with Gasteiger partial charge in [0.2, 0.25) is 0 Å². The zero-order valence-corrected chi connectivity index (χ0v) is 13.9. The van der Waals surface area contributed by atoms with Crippen LogP contribution >= 0.6 is 23.8 Å². The third-order valence-electron chi connectivity index (χ3n) is 1.41. The predicted molar refractivity (Wildman–Crippen MR) is 79.9 cm³/mol. The first-order valence-corrected chi connectivity index (χ1v) is 12.5. The van der Waals surface area contributed by atoms with E-state index in [-0.39, 0.29) is 23.8 Å². The average Bonchev–Trinajstić information content (AvgIpc) is 2.15. The Morgan fingerprint density at radius 2 is 0.875 bits per heavy atom. The second-order valence-corrected chi connectivity index (χ2v) is 11.7. The Balaban J connectivity index is 3.85. The van der Waals surface area contributed by atoms with E-state index in [9.17, 15) is 0 Å². The maximum atomic E-state index is 5.61. The molecule has 96 valence electrons. The third-order valence-corrected chi connectivity index (χ3v) is 3.40. The van der Waals surface area contributed by atoms with Gasteiger partial charge >= 0.3 is 7.32 Å². The first-order valence-electron chi connectivity index (χ1n) is 5.21. The van der Waals surface area contributed by atoms with E-state index in [0.717, 1.165) is 19.0 Å². The zero-order chi connectivity index (χ0) is 12.6. The quantitative estimate of drug-likeness (QED) is 0.481. The average molecular weight is 284 g/mol. The van der Waals surface area contributed by atoms with Crippen molar-refractivity contribution in [2.75, 3.05) is 59.0 Å². The molecule has 0 fully saturated rings. The minimum Gasteiger partial charge on any atom is -0.382 e. The zero-order valence-electron chi connectivity index (χ0n) is 11.3. The smallest absolute Gasteiger partial charge is 0.382 e. The molecule has 0 N–H and O–H groups in total. The van der Waals surface area contributed by atoms with Gasteiger partial charge in [0.05, 0.1) is 19.0 Å². The molecule has 0 radical (unpaired) electrons. The third kappa shape index (κ3) is 11.7. The van der Waals surface area contributed by atoms with Crippen molar-refractivity contribution in [2.45, 2.75) is 0 Å². The largest absolute Gasteiger partial charge is 0.640 e. The molecule has 16 heavy (non-hydrogen) atoms. The van der Waals surface area contributed by atoms with Crippen LogP contribution in [0.4, 0.5) is 0 Å². The fourth-order valence-electron chi connectivity index (χ4n) is 0.774. The lowest BCUT2D eigenvalue weighted by Gasteiger charge is -2.18. The normalized spacial score (nSPS) is 11.8. The molecule has 0 rings (SSSR count). The van der Waals surface area contributed by atoms with Gasteiger partial charge in [-0.05, 0) is 40.0 Å². The summed E-state index contributed by atoms with van der Waals surface area (Å²) in [5.74, 6) is 0. The molecular formula is C9H24BO3P3. The van der Waals surface area contributed by atoms with E-state index < -0.39 is 7.32 Å². The van der Waals surface area contributed by atoms with Crippen LogP contribution in [-0.4, -0.2) is 66.4 Å². The standard InChI is InChI=1S/C9H24BO3P3/c1-14(2)7-11-10(12-8-15(3)4)13-9-16(5)6/h7-9H2,1-6H3. The number of rotatable bonds is 9. The lowest BCUT2D eigenvalue weighted by Crippen LogP contribution is -2.27. The van der Waals surface area contributed by atoms with E-state index in [1.807, 2.05) is 0 Å². The van der Waals surface area contributed by atoms with Crippen molar-refractivity contribution in [3.63, 3.8) is 0 Å². The molecule has 0 bridgehead atoms. The van der Waals surface area contributed by atoms with Crippen LogP contribution in [0, 0.1) is 0 Å². The van der Waals surface area contributed by atoms with Crippen LogP contribution in [0.3, 0.4) is 0 Å². The fourth-order valence-corrected chi connectivity index (χ4v) is 2.03. The molecule has 0 aromatic rings. The summed E-state index contributed by atoms with van der Waals surface area (Å²) in [4.78, 5) is 0. The monoisotopic (exact) mass is 284 g/mol. The van der Waals surface area contributed by atoms with Gasteiger partial charge in [-0.25, -0.2) is 0 Å². The lowest BCUT2D eigenvalue weighted by molar-refractivity contribution is 0.142. The molecule has 0 unspecified atom stereocenters. The van der Waals surface area contributed by atoms with Gasteiger partial charge in [-0.2, -0.15) is 0 Å². The van der Waals surface area contributed by atoms with Crippen LogP contribution in [-0.2, 0) is 14.0 Å². The summed E-state index contributed by atoms with van der Waals surface area (Å²) >= 11 is 0. The Kier molecular flexibility index (Phi) is 11.0. The van der Waals surface area contributed by atoms with Crippen LogP contribution in [0.25, 0.3) is 0 Å². The van der Waals surface area contributed by atoms with Crippen LogP contribution < -0.4 is 0 Å². The van der Waals surface area contributed by atoms with Crippen molar-refractivity contribution < 1.29 is 14.0 Å². The van der Waals surface area contributed by atoms with Crippen LogP contribution in [0.2, 0.25) is 0 Å². The van der Waals surface area contributed by atoms with Gasteiger partial charge in [0.25, 0.3) is 0 Å². The van der Waals surface area contributed by atoms with Crippen molar-refractivity contribution in [2.24, 2.45) is 0 Å². The first kappa shape index (κ1) is 17.2. The van der Waals surface area contributed by atoms with E-state index in [4.69, 9.17) is 14.0 Å². The van der Waals surface area contributed by atoms with E-state index in [1.54, 1.807) is 0 Å². The summed E-state index contributed by atoms with van der Waals surface area (Å²) in [5, 5.41) is 0. The Bertz CT molecular complexity index is 142. The summed E-state index contributed by atoms with van der Waals surface area (Å²) in [7, 11) is -0.629. The molecule has 0 aliphatic rings. The van der Waals surface area contributed by atoms with Crippen LogP contribution in [0.15, 0.2) is 0 Å². The molecule has 0 aliphatic heterocycles. The van der Waals surface area contributed by atoms with E-state index >= 15 is 0 Å². The molecule has 0 heterocycles. The Morgan fingerprint density at radius 3 is 1.06 bits per heavy atom. The van der Waals surface area contributed by atoms with Gasteiger partial charge in [-0.1, -0.05) is 23.8 Å². The SMILES string of the molecule is CP(C)COB(OCP(C)C)OCP(C)C. The molecule has 0 aromatic carbocycles. The summed E-state index contributed by atoms with van der Waals surface area (Å²) in [6, 6.07) is 0. The molecule has 0 saturated carbocycles. The van der Waals surface area contributed by atoms with Gasteiger partial charge in [0, 0.05) is 0 Å². The molecule has 0 spiro atoms. The highest BCUT2D eigenvalue weighted by Gasteiger charge is 2.22. The summed E-state index contributed by atoms with van der Waals surface area (Å²) in [5.41, 5.74) is 0. The molecule has 0 atom stereocenters. The van der Waals surface area contributed by atoms with Gasteiger partial charge in [0.1, 0.15) is 0 Å². The van der Waals surface area contributed by atoms with E-state index in [0.29, 0.717) is 0 Å². The van der Waals surface area contributed by atoms with Gasteiger partial charge < -0.3 is 14.0 Å². The predicted octanol–water partition coefficient (Wildman–Crippen LogP) is 3.12. The first-order chi connectivity index (χ1) is 7.41. The summed E-state index contributed by atoms with van der Waals surface area (Å²) < 4.78 is 16.8. The molecule has 0 saturated heterocycles. The highest BCUT2D eigenvalue weighted by molar-refractivity contribution is 7.56. The van der Waals surface area contributed by atoms with E-state index in [1.165, 1.54) is 0 Å². The maximum Gasteiger partial charge on any atom is 0.640 e. The van der Waals surface area contributed by atoms with Crippen LogP contribution in [0.1, 0.15) is 0 Å². The molecule has 0 amide bonds. The fraction of sp³-hybridized carbons (Fsp3) is 1.00. The van der Waals surface area contributed by atoms with Gasteiger partial charge in [0.15, 0.2) is 0 Å². The molecule has 3 nitrogen and oxygen atoms in total.